The monoisotopic (exact) mass is 277 g/mol. The Morgan fingerprint density at radius 1 is 1.05 bits per heavy atom. The van der Waals surface area contributed by atoms with Crippen molar-refractivity contribution in [3.63, 3.8) is 0 Å². The van der Waals surface area contributed by atoms with Gasteiger partial charge in [0.1, 0.15) is 17.2 Å². The molecule has 0 aromatic heterocycles. The van der Waals surface area contributed by atoms with Crippen molar-refractivity contribution in [1.82, 2.24) is 0 Å². The van der Waals surface area contributed by atoms with E-state index in [-0.39, 0.29) is 11.4 Å². The van der Waals surface area contributed by atoms with Crippen molar-refractivity contribution in [3.8, 4) is 0 Å². The molecular formula is C13H9F2N3O2. The van der Waals surface area contributed by atoms with Gasteiger partial charge in [-0.25, -0.2) is 13.6 Å². The molecule has 1 heterocycles. The molecule has 0 saturated carbocycles. The van der Waals surface area contributed by atoms with Crippen LogP contribution >= 0.6 is 0 Å². The number of hydrogen-bond acceptors (Lipinski definition) is 3. The van der Waals surface area contributed by atoms with Crippen molar-refractivity contribution < 1.29 is 18.8 Å². The van der Waals surface area contributed by atoms with Crippen LogP contribution in [0.3, 0.4) is 0 Å². The summed E-state index contributed by atoms with van der Waals surface area (Å²) in [7, 11) is 0. The second kappa shape index (κ2) is 4.46. The minimum atomic E-state index is -0.960. The molecule has 7 heteroatoms. The molecule has 0 radical (unpaired) electrons. The summed E-state index contributed by atoms with van der Waals surface area (Å²) in [6.07, 6.45) is 0. The van der Waals surface area contributed by atoms with E-state index in [0.29, 0.717) is 21.9 Å². The Labute approximate surface area is 112 Å². The van der Waals surface area contributed by atoms with Crippen LogP contribution in [0.15, 0.2) is 42.5 Å². The van der Waals surface area contributed by atoms with Crippen LogP contribution in [-0.4, -0.2) is 11.2 Å². The molecule has 0 atom stereocenters. The summed E-state index contributed by atoms with van der Waals surface area (Å²) < 4.78 is 26.7. The number of carbonyl (C=O) groups excluding carboxylic acids is 1. The van der Waals surface area contributed by atoms with Gasteiger partial charge in [-0.3, -0.25) is 5.21 Å². The maximum atomic E-state index is 13.8. The highest BCUT2D eigenvalue weighted by atomic mass is 19.1. The number of benzene rings is 2. The minimum Gasteiger partial charge on any atom is -0.304 e. The van der Waals surface area contributed by atoms with E-state index < -0.39 is 17.7 Å². The smallest absolute Gasteiger partial charge is 0.304 e. The average Bonchev–Trinajstić information content (AvgIpc) is 2.41. The topological polar surface area (TPSA) is 55.8 Å². The van der Waals surface area contributed by atoms with Gasteiger partial charge in [-0.05, 0) is 24.3 Å². The van der Waals surface area contributed by atoms with Crippen LogP contribution in [0.1, 0.15) is 0 Å². The van der Waals surface area contributed by atoms with Gasteiger partial charge in [0.15, 0.2) is 5.82 Å². The van der Waals surface area contributed by atoms with Crippen molar-refractivity contribution in [3.05, 3.63) is 54.1 Å². The molecule has 2 amide bonds. The zero-order chi connectivity index (χ0) is 14.3. The fourth-order valence-corrected chi connectivity index (χ4v) is 1.98. The van der Waals surface area contributed by atoms with Crippen LogP contribution in [0.25, 0.3) is 0 Å². The van der Waals surface area contributed by atoms with E-state index >= 15 is 0 Å². The molecule has 1 aliphatic heterocycles. The second-order valence-corrected chi connectivity index (χ2v) is 4.14. The van der Waals surface area contributed by atoms with E-state index in [9.17, 15) is 18.8 Å². The van der Waals surface area contributed by atoms with Gasteiger partial charge in [-0.15, -0.1) is 0 Å². The molecule has 0 unspecified atom stereocenters. The lowest BCUT2D eigenvalue weighted by atomic mass is 10.2. The summed E-state index contributed by atoms with van der Waals surface area (Å²) in [4.78, 5) is 12.0. The minimum absolute atomic E-state index is 0.263. The van der Waals surface area contributed by atoms with E-state index in [1.165, 1.54) is 0 Å². The summed E-state index contributed by atoms with van der Waals surface area (Å²) in [5.74, 6) is -1.73. The van der Waals surface area contributed by atoms with Gasteiger partial charge in [0, 0.05) is 6.07 Å². The third-order valence-corrected chi connectivity index (χ3v) is 2.88. The molecule has 2 aromatic carbocycles. The SMILES string of the molecule is O=C1Nc2ccccc2N(O)N1c1ccc(F)cc1F. The third-order valence-electron chi connectivity index (χ3n) is 2.88. The van der Waals surface area contributed by atoms with Gasteiger partial charge in [-0.2, -0.15) is 10.2 Å². The van der Waals surface area contributed by atoms with E-state index in [1.54, 1.807) is 24.3 Å². The molecule has 2 N–H and O–H groups in total. The van der Waals surface area contributed by atoms with Crippen LogP contribution in [0, 0.1) is 11.6 Å². The van der Waals surface area contributed by atoms with Crippen LogP contribution in [0.5, 0.6) is 0 Å². The molecule has 102 valence electrons. The first-order chi connectivity index (χ1) is 9.58. The number of hydrogen-bond donors (Lipinski definition) is 2. The van der Waals surface area contributed by atoms with E-state index in [2.05, 4.69) is 5.32 Å². The maximum Gasteiger partial charge on any atom is 0.347 e. The number of nitrogens with zero attached hydrogens (tertiary/aromatic N) is 2. The van der Waals surface area contributed by atoms with E-state index in [0.717, 1.165) is 12.1 Å². The van der Waals surface area contributed by atoms with Crippen LogP contribution in [0.2, 0.25) is 0 Å². The Hall–Kier alpha value is -2.67. The standard InChI is InChI=1S/C13H9F2N3O2/c14-8-5-6-11(9(15)7-8)17-13(19)16-10-3-1-2-4-12(10)18(17)20/h1-7,20H,(H,16,19). The number of fused-ring (bicyclic) bond motifs is 1. The number of hydrazine groups is 1. The average molecular weight is 277 g/mol. The largest absolute Gasteiger partial charge is 0.347 e. The highest BCUT2D eigenvalue weighted by Crippen LogP contribution is 2.33. The van der Waals surface area contributed by atoms with Crippen LogP contribution in [-0.2, 0) is 0 Å². The molecule has 20 heavy (non-hydrogen) atoms. The Morgan fingerprint density at radius 3 is 2.55 bits per heavy atom. The molecule has 0 spiro atoms. The Kier molecular flexibility index (Phi) is 2.76. The lowest BCUT2D eigenvalue weighted by molar-refractivity contribution is 0.220. The van der Waals surface area contributed by atoms with Crippen molar-refractivity contribution >= 4 is 23.1 Å². The van der Waals surface area contributed by atoms with Gasteiger partial charge in [-0.1, -0.05) is 12.1 Å². The van der Waals surface area contributed by atoms with Gasteiger partial charge >= 0.3 is 6.03 Å². The molecular weight excluding hydrogens is 268 g/mol. The van der Waals surface area contributed by atoms with Crippen LogP contribution in [0.4, 0.5) is 30.6 Å². The fourth-order valence-electron chi connectivity index (χ4n) is 1.98. The molecule has 5 nitrogen and oxygen atoms in total. The second-order valence-electron chi connectivity index (χ2n) is 4.14. The Morgan fingerprint density at radius 2 is 1.80 bits per heavy atom. The van der Waals surface area contributed by atoms with Gasteiger partial charge in [0.25, 0.3) is 0 Å². The van der Waals surface area contributed by atoms with Crippen molar-refractivity contribution in [1.29, 1.82) is 0 Å². The predicted molar refractivity (Wildman–Crippen MR) is 68.6 cm³/mol. The molecule has 0 aliphatic carbocycles. The van der Waals surface area contributed by atoms with Gasteiger partial charge < -0.3 is 5.32 Å². The normalized spacial score (nSPS) is 14.1. The predicted octanol–water partition coefficient (Wildman–Crippen LogP) is 3.13. The lowest BCUT2D eigenvalue weighted by Crippen LogP contribution is -2.51. The number of amides is 2. The first-order valence-electron chi connectivity index (χ1n) is 5.72. The quantitative estimate of drug-likeness (QED) is 0.842. The Bertz CT molecular complexity index is 693. The highest BCUT2D eigenvalue weighted by Gasteiger charge is 2.32. The highest BCUT2D eigenvalue weighted by molar-refractivity contribution is 6.08. The van der Waals surface area contributed by atoms with Crippen LogP contribution < -0.4 is 15.5 Å². The molecule has 0 bridgehead atoms. The first kappa shape index (κ1) is 12.4. The number of rotatable bonds is 1. The summed E-state index contributed by atoms with van der Waals surface area (Å²) in [5.41, 5.74) is 0.399. The van der Waals surface area contributed by atoms with Crippen molar-refractivity contribution in [2.24, 2.45) is 0 Å². The maximum absolute atomic E-state index is 13.8. The Balaban J connectivity index is 2.08. The summed E-state index contributed by atoms with van der Waals surface area (Å²) in [6.45, 7) is 0. The third kappa shape index (κ3) is 1.84. The van der Waals surface area contributed by atoms with E-state index in [4.69, 9.17) is 0 Å². The molecule has 1 aliphatic rings. The fraction of sp³-hybridized carbons (Fsp3) is 0. The number of anilines is 3. The van der Waals surface area contributed by atoms with Crippen molar-refractivity contribution in [2.75, 3.05) is 15.5 Å². The summed E-state index contributed by atoms with van der Waals surface area (Å²) in [5, 5.41) is 13.8. The lowest BCUT2D eigenvalue weighted by Gasteiger charge is -2.36. The number of halogens is 2. The number of para-hydroxylation sites is 2. The zero-order valence-corrected chi connectivity index (χ0v) is 10.0. The summed E-state index contributed by atoms with van der Waals surface area (Å²) >= 11 is 0. The van der Waals surface area contributed by atoms with E-state index in [1.807, 2.05) is 0 Å². The number of nitrogens with one attached hydrogen (secondary N) is 1. The molecule has 0 fully saturated rings. The number of urea groups is 1. The summed E-state index contributed by atoms with van der Waals surface area (Å²) in [6, 6.07) is 8.42. The molecule has 3 rings (SSSR count). The molecule has 2 aromatic rings. The van der Waals surface area contributed by atoms with Gasteiger partial charge in [0.05, 0.1) is 5.69 Å². The first-order valence-corrected chi connectivity index (χ1v) is 5.72. The molecule has 0 saturated heterocycles. The van der Waals surface area contributed by atoms with Crippen molar-refractivity contribution in [2.45, 2.75) is 0 Å². The zero-order valence-electron chi connectivity index (χ0n) is 10.0. The van der Waals surface area contributed by atoms with Gasteiger partial charge in [0.2, 0.25) is 0 Å². The number of carbonyl (C=O) groups is 1.